The summed E-state index contributed by atoms with van der Waals surface area (Å²) in [5.74, 6) is -1.63. The number of hydrogen-bond acceptors (Lipinski definition) is 4. The van der Waals surface area contributed by atoms with E-state index >= 15 is 0 Å². The van der Waals surface area contributed by atoms with Crippen LogP contribution < -0.4 is 5.32 Å². The van der Waals surface area contributed by atoms with Crippen LogP contribution in [0.1, 0.15) is 25.8 Å². The van der Waals surface area contributed by atoms with Gasteiger partial charge >= 0.3 is 12.1 Å². The van der Waals surface area contributed by atoms with Crippen LogP contribution in [0.25, 0.3) is 0 Å². The molecule has 1 aromatic rings. The summed E-state index contributed by atoms with van der Waals surface area (Å²) in [7, 11) is 0. The van der Waals surface area contributed by atoms with Gasteiger partial charge in [-0.1, -0.05) is 44.2 Å². The van der Waals surface area contributed by atoms with E-state index in [1.807, 2.05) is 30.3 Å². The molecule has 1 aromatic carbocycles. The Hall–Kier alpha value is -2.57. The van der Waals surface area contributed by atoms with Crippen LogP contribution >= 0.6 is 0 Å². The first-order valence-electron chi connectivity index (χ1n) is 7.90. The van der Waals surface area contributed by atoms with Crippen molar-refractivity contribution in [3.63, 3.8) is 0 Å². The largest absolute Gasteiger partial charge is 0.480 e. The Bertz CT molecular complexity index is 602. The number of alkyl carbamates (subject to hydrolysis) is 1. The van der Waals surface area contributed by atoms with Crippen molar-refractivity contribution >= 4 is 18.0 Å². The van der Waals surface area contributed by atoms with Crippen LogP contribution in [0.15, 0.2) is 30.3 Å². The van der Waals surface area contributed by atoms with Crippen molar-refractivity contribution in [2.24, 2.45) is 5.92 Å². The van der Waals surface area contributed by atoms with Gasteiger partial charge in [0, 0.05) is 6.54 Å². The van der Waals surface area contributed by atoms with Crippen LogP contribution in [0.2, 0.25) is 0 Å². The monoisotopic (exact) mass is 334 g/mol. The lowest BCUT2D eigenvalue weighted by Gasteiger charge is -2.27. The van der Waals surface area contributed by atoms with Crippen LogP contribution in [0, 0.1) is 5.92 Å². The number of nitrogens with one attached hydrogen (secondary N) is 1. The fourth-order valence-corrected chi connectivity index (χ4v) is 2.80. The molecule has 1 aliphatic heterocycles. The lowest BCUT2D eigenvalue weighted by Crippen LogP contribution is -2.49. The maximum absolute atomic E-state index is 12.4. The molecule has 1 aliphatic rings. The lowest BCUT2D eigenvalue weighted by molar-refractivity contribution is -0.150. The number of carboxylic acid groups (broad SMARTS) is 1. The smallest absolute Gasteiger partial charge is 0.408 e. The number of nitrogens with zero attached hydrogens (tertiary/aromatic N) is 1. The summed E-state index contributed by atoms with van der Waals surface area (Å²) in [6, 6.07) is 7.58. The first-order valence-corrected chi connectivity index (χ1v) is 7.90. The summed E-state index contributed by atoms with van der Waals surface area (Å²) in [6.45, 7) is 3.92. The highest BCUT2D eigenvalue weighted by atomic mass is 16.5. The van der Waals surface area contributed by atoms with Gasteiger partial charge in [0.2, 0.25) is 5.91 Å². The molecule has 2 amide bonds. The Balaban J connectivity index is 1.88. The molecule has 0 bridgehead atoms. The summed E-state index contributed by atoms with van der Waals surface area (Å²) in [5, 5.41) is 11.8. The Morgan fingerprint density at radius 2 is 2.00 bits per heavy atom. The van der Waals surface area contributed by atoms with Crippen molar-refractivity contribution < 1.29 is 24.2 Å². The van der Waals surface area contributed by atoms with Gasteiger partial charge in [-0.2, -0.15) is 0 Å². The molecule has 7 nitrogen and oxygen atoms in total. The van der Waals surface area contributed by atoms with E-state index < -0.39 is 24.1 Å². The van der Waals surface area contributed by atoms with Gasteiger partial charge in [-0.15, -0.1) is 0 Å². The van der Waals surface area contributed by atoms with Crippen molar-refractivity contribution in [2.75, 3.05) is 6.54 Å². The first-order chi connectivity index (χ1) is 11.4. The average molecular weight is 334 g/mol. The molecule has 0 aliphatic carbocycles. The third kappa shape index (κ3) is 4.24. The van der Waals surface area contributed by atoms with Gasteiger partial charge in [-0.25, -0.2) is 9.59 Å². The highest BCUT2D eigenvalue weighted by molar-refractivity contribution is 5.91. The Morgan fingerprint density at radius 1 is 1.33 bits per heavy atom. The Labute approximate surface area is 140 Å². The minimum atomic E-state index is -1.04. The van der Waals surface area contributed by atoms with Crippen LogP contribution in [-0.2, 0) is 20.9 Å². The minimum absolute atomic E-state index is 0.112. The number of hydrogen-bond donors (Lipinski definition) is 2. The number of benzene rings is 1. The maximum atomic E-state index is 12.4. The summed E-state index contributed by atoms with van der Waals surface area (Å²) >= 11 is 0. The van der Waals surface area contributed by atoms with E-state index in [4.69, 9.17) is 4.74 Å². The number of carbonyl (C=O) groups is 3. The predicted octanol–water partition coefficient (Wildman–Crippen LogP) is 1.62. The molecule has 24 heavy (non-hydrogen) atoms. The standard InChI is InChI=1S/C17H22N2O5/c1-11(2)14(16(21)22)19-9-8-13(15(19)20)18-17(23)24-10-12-6-4-3-5-7-12/h3-7,11,13-14H,8-10H2,1-2H3,(H,18,23)(H,21,22)/t13-,14+/m1/s1. The fraction of sp³-hybridized carbons (Fsp3) is 0.471. The minimum Gasteiger partial charge on any atom is -0.480 e. The number of carbonyl (C=O) groups excluding carboxylic acids is 2. The second-order valence-electron chi connectivity index (χ2n) is 6.11. The Morgan fingerprint density at radius 3 is 2.58 bits per heavy atom. The molecule has 7 heteroatoms. The number of ether oxygens (including phenoxy) is 1. The van der Waals surface area contributed by atoms with E-state index in [-0.39, 0.29) is 18.4 Å². The van der Waals surface area contributed by atoms with Crippen LogP contribution in [-0.4, -0.2) is 46.6 Å². The van der Waals surface area contributed by atoms with E-state index in [9.17, 15) is 19.5 Å². The number of likely N-dealkylation sites (tertiary alicyclic amines) is 1. The van der Waals surface area contributed by atoms with Crippen molar-refractivity contribution in [3.8, 4) is 0 Å². The van der Waals surface area contributed by atoms with E-state index in [0.717, 1.165) is 5.56 Å². The van der Waals surface area contributed by atoms with Crippen molar-refractivity contribution in [3.05, 3.63) is 35.9 Å². The topological polar surface area (TPSA) is 95.9 Å². The third-order valence-electron chi connectivity index (χ3n) is 3.96. The van der Waals surface area contributed by atoms with E-state index in [0.29, 0.717) is 13.0 Å². The number of aliphatic carboxylic acids is 1. The van der Waals surface area contributed by atoms with Crippen LogP contribution in [0.4, 0.5) is 4.79 Å². The molecule has 0 aromatic heterocycles. The number of carboxylic acids is 1. The molecule has 2 rings (SSSR count). The molecule has 0 saturated carbocycles. The van der Waals surface area contributed by atoms with Gasteiger partial charge in [-0.3, -0.25) is 4.79 Å². The van der Waals surface area contributed by atoms with Gasteiger partial charge in [0.25, 0.3) is 0 Å². The molecule has 0 radical (unpaired) electrons. The van der Waals surface area contributed by atoms with Gasteiger partial charge in [-0.05, 0) is 17.9 Å². The summed E-state index contributed by atoms with van der Waals surface area (Å²) in [6.07, 6.45) is -0.314. The van der Waals surface area contributed by atoms with Gasteiger partial charge in [0.05, 0.1) is 0 Å². The van der Waals surface area contributed by atoms with E-state index in [2.05, 4.69) is 5.32 Å². The zero-order chi connectivity index (χ0) is 17.7. The van der Waals surface area contributed by atoms with Crippen molar-refractivity contribution in [1.29, 1.82) is 0 Å². The summed E-state index contributed by atoms with van der Waals surface area (Å²) in [5.41, 5.74) is 0.845. The van der Waals surface area contributed by atoms with Gasteiger partial charge in [0.15, 0.2) is 0 Å². The van der Waals surface area contributed by atoms with E-state index in [1.165, 1.54) is 4.90 Å². The third-order valence-corrected chi connectivity index (χ3v) is 3.96. The van der Waals surface area contributed by atoms with E-state index in [1.54, 1.807) is 13.8 Å². The second kappa shape index (κ2) is 7.81. The van der Waals surface area contributed by atoms with Gasteiger partial charge in [0.1, 0.15) is 18.7 Å². The average Bonchev–Trinajstić information content (AvgIpc) is 2.87. The fourth-order valence-electron chi connectivity index (χ4n) is 2.80. The highest BCUT2D eigenvalue weighted by Gasteiger charge is 2.41. The molecule has 1 heterocycles. The molecule has 1 saturated heterocycles. The molecule has 130 valence electrons. The van der Waals surface area contributed by atoms with Crippen LogP contribution in [0.3, 0.4) is 0 Å². The van der Waals surface area contributed by atoms with Crippen molar-refractivity contribution in [2.45, 2.75) is 39.0 Å². The number of amides is 2. The molecule has 2 atom stereocenters. The quantitative estimate of drug-likeness (QED) is 0.824. The SMILES string of the molecule is CC(C)[C@@H](C(=O)O)N1CC[C@@H](NC(=O)OCc2ccccc2)C1=O. The predicted molar refractivity (Wildman–Crippen MR) is 86.1 cm³/mol. The molecule has 0 spiro atoms. The molecular weight excluding hydrogens is 312 g/mol. The van der Waals surface area contributed by atoms with Crippen LogP contribution in [0.5, 0.6) is 0 Å². The van der Waals surface area contributed by atoms with Crippen molar-refractivity contribution in [1.82, 2.24) is 10.2 Å². The lowest BCUT2D eigenvalue weighted by atomic mass is 10.0. The maximum Gasteiger partial charge on any atom is 0.408 e. The zero-order valence-corrected chi connectivity index (χ0v) is 13.8. The zero-order valence-electron chi connectivity index (χ0n) is 13.8. The van der Waals surface area contributed by atoms with Gasteiger partial charge < -0.3 is 20.1 Å². The Kier molecular flexibility index (Phi) is 5.78. The molecule has 0 unspecified atom stereocenters. The first kappa shape index (κ1) is 17.8. The summed E-state index contributed by atoms with van der Waals surface area (Å²) in [4.78, 5) is 36.9. The molecule has 1 fully saturated rings. The molecular formula is C17H22N2O5. The number of rotatable bonds is 6. The summed E-state index contributed by atoms with van der Waals surface area (Å²) < 4.78 is 5.09. The normalized spacial score (nSPS) is 18.5. The second-order valence-corrected chi connectivity index (χ2v) is 6.11. The molecule has 2 N–H and O–H groups in total. The highest BCUT2D eigenvalue weighted by Crippen LogP contribution is 2.20.